The van der Waals surface area contributed by atoms with Crippen LogP contribution in [0.3, 0.4) is 0 Å². The van der Waals surface area contributed by atoms with E-state index in [4.69, 9.17) is 0 Å². The molecule has 0 heterocycles. The molecule has 1 N–H and O–H groups in total. The van der Waals surface area contributed by atoms with Crippen LogP contribution in [0.4, 0.5) is 0 Å². The zero-order chi connectivity index (χ0) is 15.5. The van der Waals surface area contributed by atoms with Crippen LogP contribution in [0.5, 0.6) is 0 Å². The predicted molar refractivity (Wildman–Crippen MR) is 83.1 cm³/mol. The Kier molecular flexibility index (Phi) is 3.17. The van der Waals surface area contributed by atoms with E-state index in [1.165, 1.54) is 5.57 Å². The lowest BCUT2D eigenvalue weighted by Crippen LogP contribution is -2.53. The molecule has 4 rings (SSSR count). The molecule has 0 aromatic rings. The number of aliphatic hydroxyl groups is 1. The molecule has 4 aliphatic rings. The predicted octanol–water partition coefficient (Wildman–Crippen LogP) is 3.06. The maximum absolute atomic E-state index is 12.4. The van der Waals surface area contributed by atoms with Crippen LogP contribution in [0.2, 0.25) is 0 Å². The first-order chi connectivity index (χ1) is 10.5. The van der Waals surface area contributed by atoms with E-state index in [9.17, 15) is 14.7 Å². The average molecular weight is 302 g/mol. The fourth-order valence-corrected chi connectivity index (χ4v) is 6.43. The first kappa shape index (κ1) is 14.6. The van der Waals surface area contributed by atoms with Crippen molar-refractivity contribution in [3.05, 3.63) is 11.6 Å². The molecule has 22 heavy (non-hydrogen) atoms. The molecule has 0 spiro atoms. The molecule has 3 saturated carbocycles. The summed E-state index contributed by atoms with van der Waals surface area (Å²) in [6, 6.07) is 0. The zero-order valence-electron chi connectivity index (χ0n) is 13.4. The van der Waals surface area contributed by atoms with Gasteiger partial charge in [-0.05, 0) is 62.4 Å². The minimum atomic E-state index is -0.163. The lowest BCUT2D eigenvalue weighted by atomic mass is 9.47. The van der Waals surface area contributed by atoms with Crippen LogP contribution in [0.15, 0.2) is 11.6 Å². The Labute approximate surface area is 132 Å². The molecular formula is C19H26O3. The molecule has 5 atom stereocenters. The number of hydrogen-bond acceptors (Lipinski definition) is 3. The smallest absolute Gasteiger partial charge is 0.155 e. The molecule has 3 fully saturated rings. The van der Waals surface area contributed by atoms with E-state index in [0.717, 1.165) is 44.9 Å². The molecule has 0 aromatic carbocycles. The molecule has 120 valence electrons. The van der Waals surface area contributed by atoms with Crippen LogP contribution in [0.1, 0.15) is 58.3 Å². The van der Waals surface area contributed by atoms with Gasteiger partial charge >= 0.3 is 0 Å². The van der Waals surface area contributed by atoms with Crippen LogP contribution in [0.25, 0.3) is 0 Å². The van der Waals surface area contributed by atoms with Gasteiger partial charge in [-0.1, -0.05) is 12.5 Å². The highest BCUT2D eigenvalue weighted by Crippen LogP contribution is 2.64. The highest BCUT2D eigenvalue weighted by Gasteiger charge is 2.59. The number of Topliss-reactive ketones (excluding diaryl/α,β-unsaturated/α-hetero) is 1. The number of ketones is 2. The highest BCUT2D eigenvalue weighted by atomic mass is 16.3. The summed E-state index contributed by atoms with van der Waals surface area (Å²) in [6.07, 6.45) is 9.06. The fourth-order valence-electron chi connectivity index (χ4n) is 6.43. The molecule has 0 saturated heterocycles. The Bertz CT molecular complexity index is 563. The fraction of sp³-hybridized carbons (Fsp3) is 0.789. The van der Waals surface area contributed by atoms with E-state index < -0.39 is 0 Å². The summed E-state index contributed by atoms with van der Waals surface area (Å²) in [7, 11) is 0. The largest absolute Gasteiger partial charge is 0.395 e. The molecule has 0 unspecified atom stereocenters. The second kappa shape index (κ2) is 4.77. The minimum absolute atomic E-state index is 0.108. The Balaban J connectivity index is 1.73. The van der Waals surface area contributed by atoms with Gasteiger partial charge in [-0.15, -0.1) is 0 Å². The second-order valence-corrected chi connectivity index (χ2v) is 8.28. The Morgan fingerprint density at radius 1 is 1.09 bits per heavy atom. The number of hydrogen-bond donors (Lipinski definition) is 1. The molecule has 0 amide bonds. The molecule has 0 bridgehead atoms. The summed E-state index contributed by atoms with van der Waals surface area (Å²) in [4.78, 5) is 24.2. The Morgan fingerprint density at radius 3 is 2.68 bits per heavy atom. The van der Waals surface area contributed by atoms with E-state index in [2.05, 4.69) is 6.92 Å². The van der Waals surface area contributed by atoms with Gasteiger partial charge in [0.2, 0.25) is 0 Å². The number of aliphatic hydroxyl groups excluding tert-OH is 1. The quantitative estimate of drug-likeness (QED) is 0.810. The Morgan fingerprint density at radius 2 is 1.91 bits per heavy atom. The second-order valence-electron chi connectivity index (χ2n) is 8.28. The third-order valence-electron chi connectivity index (χ3n) is 7.68. The molecule has 0 radical (unpaired) electrons. The number of carbonyl (C=O) groups excluding carboxylic acids is 2. The molecule has 4 aliphatic carbocycles. The summed E-state index contributed by atoms with van der Waals surface area (Å²) < 4.78 is 0. The first-order valence-electron chi connectivity index (χ1n) is 8.89. The number of carbonyl (C=O) groups is 2. The van der Waals surface area contributed by atoms with Gasteiger partial charge in [0.1, 0.15) is 5.78 Å². The van der Waals surface area contributed by atoms with Crippen molar-refractivity contribution in [2.45, 2.75) is 58.3 Å². The van der Waals surface area contributed by atoms with Gasteiger partial charge in [-0.3, -0.25) is 9.59 Å². The number of rotatable bonds is 1. The summed E-state index contributed by atoms with van der Waals surface area (Å²) in [5.74, 6) is 2.22. The van der Waals surface area contributed by atoms with Gasteiger partial charge in [-0.2, -0.15) is 0 Å². The number of fused-ring (bicyclic) bond motifs is 5. The maximum atomic E-state index is 12.4. The first-order valence-corrected chi connectivity index (χ1v) is 8.89. The summed E-state index contributed by atoms with van der Waals surface area (Å²) in [5.41, 5.74) is 0.938. The standard InChI is InChI=1S/C19H26O3/c1-18-8-7-16-14(15(18)4-5-17(18)22)3-2-12-10-13(21)6-9-19(12,16)11-20/h10,14-16,20H,2-9,11H2,1H3/t14-,15+,16+,18-,19+/m0/s1. The summed E-state index contributed by atoms with van der Waals surface area (Å²) in [5, 5.41) is 10.2. The van der Waals surface area contributed by atoms with E-state index in [1.54, 1.807) is 0 Å². The summed E-state index contributed by atoms with van der Waals surface area (Å²) in [6.45, 7) is 2.36. The van der Waals surface area contributed by atoms with Gasteiger partial charge in [0.05, 0.1) is 6.61 Å². The van der Waals surface area contributed by atoms with E-state index >= 15 is 0 Å². The molecule has 3 heteroatoms. The zero-order valence-corrected chi connectivity index (χ0v) is 13.4. The highest BCUT2D eigenvalue weighted by molar-refractivity contribution is 5.91. The van der Waals surface area contributed by atoms with Crippen LogP contribution in [-0.2, 0) is 9.59 Å². The van der Waals surface area contributed by atoms with E-state index in [1.807, 2.05) is 6.08 Å². The van der Waals surface area contributed by atoms with Crippen molar-refractivity contribution in [3.63, 3.8) is 0 Å². The lowest BCUT2D eigenvalue weighted by molar-refractivity contribution is -0.134. The molecular weight excluding hydrogens is 276 g/mol. The third-order valence-corrected chi connectivity index (χ3v) is 7.68. The van der Waals surface area contributed by atoms with Gasteiger partial charge in [-0.25, -0.2) is 0 Å². The van der Waals surface area contributed by atoms with Gasteiger partial charge < -0.3 is 5.11 Å². The molecule has 3 nitrogen and oxygen atoms in total. The van der Waals surface area contributed by atoms with Crippen molar-refractivity contribution in [2.75, 3.05) is 6.61 Å². The van der Waals surface area contributed by atoms with Crippen molar-refractivity contribution in [2.24, 2.45) is 28.6 Å². The van der Waals surface area contributed by atoms with Crippen molar-refractivity contribution in [3.8, 4) is 0 Å². The van der Waals surface area contributed by atoms with Gasteiger partial charge in [0.15, 0.2) is 5.78 Å². The van der Waals surface area contributed by atoms with Crippen LogP contribution in [0, 0.1) is 28.6 Å². The monoisotopic (exact) mass is 302 g/mol. The van der Waals surface area contributed by atoms with Gasteiger partial charge in [0, 0.05) is 23.7 Å². The average Bonchev–Trinajstić information content (AvgIpc) is 2.82. The normalized spacial score (nSPS) is 47.5. The van der Waals surface area contributed by atoms with Crippen molar-refractivity contribution in [1.82, 2.24) is 0 Å². The molecule has 0 aromatic heterocycles. The topological polar surface area (TPSA) is 54.4 Å². The molecule has 0 aliphatic heterocycles. The van der Waals surface area contributed by atoms with Crippen molar-refractivity contribution >= 4 is 11.6 Å². The lowest BCUT2D eigenvalue weighted by Gasteiger charge is -2.57. The SMILES string of the molecule is C[C@]12CC[C@@H]3[C@@H](CCC4=CC(=O)CC[C@@]43CO)[C@H]1CCC2=O. The van der Waals surface area contributed by atoms with Crippen LogP contribution in [-0.4, -0.2) is 23.3 Å². The van der Waals surface area contributed by atoms with Crippen molar-refractivity contribution < 1.29 is 14.7 Å². The maximum Gasteiger partial charge on any atom is 0.155 e. The summed E-state index contributed by atoms with van der Waals surface area (Å²) >= 11 is 0. The van der Waals surface area contributed by atoms with E-state index in [-0.39, 0.29) is 23.2 Å². The van der Waals surface area contributed by atoms with Crippen LogP contribution >= 0.6 is 0 Å². The third kappa shape index (κ3) is 1.72. The Hall–Kier alpha value is -0.960. The minimum Gasteiger partial charge on any atom is -0.395 e. The van der Waals surface area contributed by atoms with Gasteiger partial charge in [0.25, 0.3) is 0 Å². The van der Waals surface area contributed by atoms with Crippen molar-refractivity contribution in [1.29, 1.82) is 0 Å². The van der Waals surface area contributed by atoms with E-state index in [0.29, 0.717) is 30.0 Å². The van der Waals surface area contributed by atoms with Crippen LogP contribution < -0.4 is 0 Å².